The summed E-state index contributed by atoms with van der Waals surface area (Å²) in [7, 11) is 0. The van der Waals surface area contributed by atoms with Gasteiger partial charge in [-0.05, 0) is 163 Å². The fraction of sp³-hybridized carbons (Fsp3) is 0.250. The SMILES string of the molecule is CC(C)(C)c1ccc(N2c3ccc(C(C)(C)C)cc3B3c4ccc(-c5ccccc5)cc4N(c4cccc(-c5ccccc5)c4)c4cc(N5c6ccc(C(C)(C)C)cc6C6(C)CCc7ccccc7C56C)cc2c43)cc1. The predicted molar refractivity (Wildman–Crippen MR) is 325 cm³/mol. The molecular weight excluding hydrogens is 918 g/mol. The highest BCUT2D eigenvalue weighted by Crippen LogP contribution is 2.65. The van der Waals surface area contributed by atoms with Crippen LogP contribution in [0.15, 0.2) is 200 Å². The summed E-state index contributed by atoms with van der Waals surface area (Å²) in [6, 6.07) is 77.2. The Hall–Kier alpha value is -7.56. The van der Waals surface area contributed by atoms with Crippen molar-refractivity contribution >= 4 is 68.6 Å². The first-order chi connectivity index (χ1) is 36.3. The first-order valence-electron chi connectivity index (χ1n) is 27.7. The molecule has 3 aliphatic heterocycles. The lowest BCUT2D eigenvalue weighted by molar-refractivity contribution is 0.245. The summed E-state index contributed by atoms with van der Waals surface area (Å²) >= 11 is 0. The Balaban J connectivity index is 1.17. The van der Waals surface area contributed by atoms with Crippen LogP contribution >= 0.6 is 0 Å². The highest BCUT2D eigenvalue weighted by atomic mass is 15.3. The van der Waals surface area contributed by atoms with Crippen molar-refractivity contribution in [3.63, 3.8) is 0 Å². The van der Waals surface area contributed by atoms with E-state index in [4.69, 9.17) is 0 Å². The van der Waals surface area contributed by atoms with E-state index >= 15 is 0 Å². The minimum absolute atomic E-state index is 0.00312. The largest absolute Gasteiger partial charge is 0.330 e. The van der Waals surface area contributed by atoms with Gasteiger partial charge in [-0.15, -0.1) is 0 Å². The zero-order chi connectivity index (χ0) is 52.7. The van der Waals surface area contributed by atoms with Crippen molar-refractivity contribution in [1.82, 2.24) is 0 Å². The maximum Gasteiger partial charge on any atom is 0.252 e. The molecule has 1 aliphatic carbocycles. The van der Waals surface area contributed by atoms with E-state index in [0.29, 0.717) is 0 Å². The van der Waals surface area contributed by atoms with E-state index in [1.54, 1.807) is 0 Å². The summed E-state index contributed by atoms with van der Waals surface area (Å²) in [5, 5.41) is 0. The fourth-order valence-electron chi connectivity index (χ4n) is 13.7. The molecule has 9 aromatic carbocycles. The highest BCUT2D eigenvalue weighted by molar-refractivity contribution is 7.00. The van der Waals surface area contributed by atoms with Crippen molar-refractivity contribution in [2.75, 3.05) is 14.7 Å². The van der Waals surface area contributed by atoms with Crippen LogP contribution in [0, 0.1) is 0 Å². The van der Waals surface area contributed by atoms with E-state index in [-0.39, 0.29) is 28.4 Å². The summed E-state index contributed by atoms with van der Waals surface area (Å²) in [6.07, 6.45) is 2.10. The van der Waals surface area contributed by atoms with E-state index < -0.39 is 5.54 Å². The molecule has 0 spiro atoms. The van der Waals surface area contributed by atoms with Crippen LogP contribution in [0.3, 0.4) is 0 Å². The molecule has 76 heavy (non-hydrogen) atoms. The average molecular weight is 988 g/mol. The number of hydrogen-bond donors (Lipinski definition) is 0. The van der Waals surface area contributed by atoms with Gasteiger partial charge >= 0.3 is 0 Å². The molecule has 3 nitrogen and oxygen atoms in total. The lowest BCUT2D eigenvalue weighted by atomic mass is 9.33. The Kier molecular flexibility index (Phi) is 10.7. The van der Waals surface area contributed by atoms with Gasteiger partial charge in [0.15, 0.2) is 0 Å². The molecule has 3 heterocycles. The van der Waals surface area contributed by atoms with Gasteiger partial charge in [0, 0.05) is 50.9 Å². The van der Waals surface area contributed by atoms with Crippen LogP contribution in [-0.2, 0) is 33.6 Å². The molecule has 2 unspecified atom stereocenters. The Bertz CT molecular complexity index is 3760. The van der Waals surface area contributed by atoms with E-state index in [1.807, 2.05) is 0 Å². The molecule has 0 aromatic heterocycles. The zero-order valence-electron chi connectivity index (χ0n) is 46.4. The van der Waals surface area contributed by atoms with Gasteiger partial charge in [-0.25, -0.2) is 0 Å². The van der Waals surface area contributed by atoms with Crippen molar-refractivity contribution in [2.45, 2.75) is 116 Å². The number of hydrogen-bond acceptors (Lipinski definition) is 3. The van der Waals surface area contributed by atoms with Gasteiger partial charge < -0.3 is 14.7 Å². The Labute approximate surface area is 453 Å². The molecule has 2 atom stereocenters. The van der Waals surface area contributed by atoms with Crippen molar-refractivity contribution in [3.8, 4) is 22.3 Å². The first kappa shape index (κ1) is 48.1. The number of fused-ring (bicyclic) bond motifs is 9. The second-order valence-electron chi connectivity index (χ2n) is 25.8. The Morgan fingerprint density at radius 2 is 0.934 bits per heavy atom. The molecule has 0 saturated heterocycles. The molecule has 4 heteroatoms. The standard InChI is InChI=1S/C72H70BN3/c1-68(2,3)52-30-34-55(35-31-52)74-63-38-33-54(70(7,8)9)44-61(63)73-60-36-29-51(48-23-16-13-17-24-48)42-64(60)75(56-27-20-26-50(41-56)47-21-14-12-15-22-47)66-46-57(45-65(74)67(66)73)76-62-37-32-53(69(4,5)6)43-59(62)71(10)40-39-49-25-18-19-28-58(49)72(71,76)11/h12-38,41-46H,39-40H2,1-11H3. The number of anilines is 8. The predicted octanol–water partition coefficient (Wildman–Crippen LogP) is 17.3. The third-order valence-electron chi connectivity index (χ3n) is 18.1. The summed E-state index contributed by atoms with van der Waals surface area (Å²) in [5.74, 6) is 0. The van der Waals surface area contributed by atoms with Gasteiger partial charge in [0.1, 0.15) is 0 Å². The minimum Gasteiger partial charge on any atom is -0.330 e. The van der Waals surface area contributed by atoms with Crippen LogP contribution in [0.2, 0.25) is 0 Å². The van der Waals surface area contributed by atoms with Gasteiger partial charge in [0.2, 0.25) is 0 Å². The van der Waals surface area contributed by atoms with E-state index in [0.717, 1.165) is 24.2 Å². The summed E-state index contributed by atoms with van der Waals surface area (Å²) in [4.78, 5) is 8.03. The maximum absolute atomic E-state index is 2.78. The zero-order valence-corrected chi connectivity index (χ0v) is 46.4. The summed E-state index contributed by atoms with van der Waals surface area (Å²) < 4.78 is 0. The normalized spacial score (nSPS) is 18.4. The van der Waals surface area contributed by atoms with Crippen molar-refractivity contribution < 1.29 is 0 Å². The second-order valence-corrected chi connectivity index (χ2v) is 25.8. The molecule has 0 radical (unpaired) electrons. The van der Waals surface area contributed by atoms with Crippen molar-refractivity contribution in [3.05, 3.63) is 234 Å². The molecular formula is C72H70BN3. The fourth-order valence-corrected chi connectivity index (χ4v) is 13.7. The van der Waals surface area contributed by atoms with Gasteiger partial charge in [-0.1, -0.05) is 215 Å². The highest BCUT2D eigenvalue weighted by Gasteiger charge is 2.60. The van der Waals surface area contributed by atoms with Crippen LogP contribution in [0.25, 0.3) is 22.3 Å². The van der Waals surface area contributed by atoms with E-state index in [9.17, 15) is 0 Å². The molecule has 4 aliphatic rings. The minimum atomic E-state index is -0.417. The quantitative estimate of drug-likeness (QED) is 0.159. The molecule has 9 aromatic rings. The summed E-state index contributed by atoms with van der Waals surface area (Å²) in [6.45, 7) is 26.2. The molecule has 0 saturated carbocycles. The lowest BCUT2D eigenvalue weighted by Crippen LogP contribution is -2.61. The van der Waals surface area contributed by atoms with Crippen LogP contribution < -0.4 is 31.1 Å². The average Bonchev–Trinajstić information content (AvgIpc) is 3.78. The molecule has 376 valence electrons. The number of nitrogens with zero attached hydrogens (tertiary/aromatic N) is 3. The smallest absolute Gasteiger partial charge is 0.252 e. The number of benzene rings is 9. The number of aryl methyl sites for hydroxylation is 1. The first-order valence-corrected chi connectivity index (χ1v) is 27.7. The molecule has 0 amide bonds. The summed E-state index contributed by atoms with van der Waals surface area (Å²) in [5.41, 5.74) is 26.1. The van der Waals surface area contributed by atoms with Crippen molar-refractivity contribution in [1.29, 1.82) is 0 Å². The van der Waals surface area contributed by atoms with Gasteiger partial charge in [0.05, 0.1) is 5.54 Å². The van der Waals surface area contributed by atoms with Crippen LogP contribution in [0.4, 0.5) is 45.5 Å². The van der Waals surface area contributed by atoms with Gasteiger partial charge in [-0.2, -0.15) is 0 Å². The Morgan fingerprint density at radius 3 is 1.58 bits per heavy atom. The lowest BCUT2D eigenvalue weighted by Gasteiger charge is -2.52. The third kappa shape index (κ3) is 7.30. The van der Waals surface area contributed by atoms with Crippen LogP contribution in [0.1, 0.15) is 116 Å². The van der Waals surface area contributed by atoms with E-state index in [1.165, 1.54) is 106 Å². The number of rotatable bonds is 5. The third-order valence-corrected chi connectivity index (χ3v) is 18.1. The molecule has 0 N–H and O–H groups in total. The monoisotopic (exact) mass is 988 g/mol. The molecule has 0 bridgehead atoms. The second kappa shape index (κ2) is 17.0. The van der Waals surface area contributed by atoms with Gasteiger partial charge in [0.25, 0.3) is 6.71 Å². The van der Waals surface area contributed by atoms with Crippen LogP contribution in [0.5, 0.6) is 0 Å². The van der Waals surface area contributed by atoms with Gasteiger partial charge in [-0.3, -0.25) is 0 Å². The maximum atomic E-state index is 2.78. The molecule has 13 rings (SSSR count). The van der Waals surface area contributed by atoms with Crippen molar-refractivity contribution in [2.24, 2.45) is 0 Å². The van der Waals surface area contributed by atoms with E-state index in [2.05, 4.69) is 291 Å². The topological polar surface area (TPSA) is 9.72 Å². The Morgan fingerprint density at radius 1 is 0.382 bits per heavy atom. The van der Waals surface area contributed by atoms with Crippen LogP contribution in [-0.4, -0.2) is 6.71 Å². The molecule has 0 fully saturated rings.